The van der Waals surface area contributed by atoms with Crippen molar-refractivity contribution >= 4 is 28.4 Å². The minimum absolute atomic E-state index is 0.0625. The molecule has 1 saturated heterocycles. The number of carbonyl (C=O) groups excluding carboxylic acids is 1. The first-order valence-corrected chi connectivity index (χ1v) is 7.65. The molecule has 2 aliphatic rings. The SMILES string of the molecule is O=C(OCN1CCOCC1O)C1=Cc2cccc3cccc1c23. The highest BCUT2D eigenvalue weighted by Gasteiger charge is 2.25. The second kappa shape index (κ2) is 5.77. The second-order valence-electron chi connectivity index (χ2n) is 5.74. The van der Waals surface area contributed by atoms with Crippen LogP contribution in [0.2, 0.25) is 0 Å². The normalized spacial score (nSPS) is 20.6. The molecule has 1 aliphatic heterocycles. The lowest BCUT2D eigenvalue weighted by Gasteiger charge is -2.31. The third-order valence-electron chi connectivity index (χ3n) is 4.32. The van der Waals surface area contributed by atoms with Crippen molar-refractivity contribution in [2.75, 3.05) is 26.5 Å². The van der Waals surface area contributed by atoms with Crippen LogP contribution in [0.1, 0.15) is 11.1 Å². The van der Waals surface area contributed by atoms with Crippen LogP contribution in [-0.2, 0) is 14.3 Å². The summed E-state index contributed by atoms with van der Waals surface area (Å²) in [6, 6.07) is 11.9. The molecule has 1 N–H and O–H groups in total. The first kappa shape index (κ1) is 14.4. The summed E-state index contributed by atoms with van der Waals surface area (Å²) in [7, 11) is 0. The van der Waals surface area contributed by atoms with E-state index in [0.717, 1.165) is 21.9 Å². The Kier molecular flexibility index (Phi) is 3.61. The first-order valence-electron chi connectivity index (χ1n) is 7.65. The van der Waals surface area contributed by atoms with Gasteiger partial charge in [0.15, 0.2) is 0 Å². The number of aliphatic hydroxyl groups is 1. The fourth-order valence-electron chi connectivity index (χ4n) is 3.11. The number of hydrogen-bond donors (Lipinski definition) is 1. The van der Waals surface area contributed by atoms with Crippen molar-refractivity contribution in [1.82, 2.24) is 4.90 Å². The Balaban J connectivity index is 1.53. The van der Waals surface area contributed by atoms with Crippen LogP contribution >= 0.6 is 0 Å². The highest BCUT2D eigenvalue weighted by Crippen LogP contribution is 2.36. The molecule has 0 spiro atoms. The molecule has 1 fully saturated rings. The predicted molar refractivity (Wildman–Crippen MR) is 86.3 cm³/mol. The second-order valence-corrected chi connectivity index (χ2v) is 5.74. The van der Waals surface area contributed by atoms with Crippen molar-refractivity contribution in [3.05, 3.63) is 47.5 Å². The lowest BCUT2D eigenvalue weighted by Crippen LogP contribution is -2.46. The van der Waals surface area contributed by atoms with Gasteiger partial charge < -0.3 is 14.6 Å². The molecule has 1 heterocycles. The monoisotopic (exact) mass is 311 g/mol. The molecule has 0 aromatic heterocycles. The maximum atomic E-state index is 12.5. The van der Waals surface area contributed by atoms with Gasteiger partial charge in [0.2, 0.25) is 0 Å². The molecule has 1 unspecified atom stereocenters. The molecule has 0 amide bonds. The van der Waals surface area contributed by atoms with Crippen molar-refractivity contribution in [3.8, 4) is 0 Å². The third-order valence-corrected chi connectivity index (χ3v) is 4.32. The molecule has 23 heavy (non-hydrogen) atoms. The zero-order valence-electron chi connectivity index (χ0n) is 12.6. The van der Waals surface area contributed by atoms with Gasteiger partial charge in [-0.3, -0.25) is 0 Å². The smallest absolute Gasteiger partial charge is 0.340 e. The number of ether oxygens (including phenoxy) is 2. The molecule has 0 radical (unpaired) electrons. The zero-order valence-corrected chi connectivity index (χ0v) is 12.6. The van der Waals surface area contributed by atoms with Crippen LogP contribution in [-0.4, -0.2) is 48.7 Å². The number of esters is 1. The standard InChI is InChI=1S/C18H17NO4/c20-16-10-22-8-7-19(16)11-23-18(21)15-9-13-5-1-3-12-4-2-6-14(15)17(12)13/h1-6,9,16,20H,7-8,10-11H2. The van der Waals surface area contributed by atoms with Gasteiger partial charge in [0.25, 0.3) is 0 Å². The van der Waals surface area contributed by atoms with Gasteiger partial charge in [0.05, 0.1) is 18.8 Å². The number of carbonyl (C=O) groups is 1. The van der Waals surface area contributed by atoms with Gasteiger partial charge in [-0.05, 0) is 28.0 Å². The molecule has 0 saturated carbocycles. The summed E-state index contributed by atoms with van der Waals surface area (Å²) < 4.78 is 10.6. The van der Waals surface area contributed by atoms with Gasteiger partial charge in [-0.25, -0.2) is 9.69 Å². The Morgan fingerprint density at radius 2 is 2.13 bits per heavy atom. The lowest BCUT2D eigenvalue weighted by atomic mass is 10.0. The average molecular weight is 311 g/mol. The van der Waals surface area contributed by atoms with Crippen molar-refractivity contribution < 1.29 is 19.4 Å². The highest BCUT2D eigenvalue weighted by atomic mass is 16.6. The van der Waals surface area contributed by atoms with E-state index in [-0.39, 0.29) is 19.3 Å². The summed E-state index contributed by atoms with van der Waals surface area (Å²) in [5.74, 6) is -0.368. The van der Waals surface area contributed by atoms with Crippen molar-refractivity contribution in [3.63, 3.8) is 0 Å². The van der Waals surface area contributed by atoms with E-state index >= 15 is 0 Å². The van der Waals surface area contributed by atoms with Gasteiger partial charge in [-0.2, -0.15) is 0 Å². The fraction of sp³-hybridized carbons (Fsp3) is 0.278. The maximum Gasteiger partial charge on any atom is 0.340 e. The molecule has 5 heteroatoms. The van der Waals surface area contributed by atoms with Crippen LogP contribution < -0.4 is 0 Å². The molecule has 0 bridgehead atoms. The first-order chi connectivity index (χ1) is 11.2. The molecular formula is C18H17NO4. The Morgan fingerprint density at radius 1 is 1.30 bits per heavy atom. The summed E-state index contributed by atoms with van der Waals surface area (Å²) in [5, 5.41) is 12.0. The lowest BCUT2D eigenvalue weighted by molar-refractivity contribution is -0.161. The van der Waals surface area contributed by atoms with E-state index in [1.807, 2.05) is 42.5 Å². The number of nitrogens with zero attached hydrogens (tertiary/aromatic N) is 1. The van der Waals surface area contributed by atoms with Crippen molar-refractivity contribution in [2.45, 2.75) is 6.23 Å². The number of rotatable bonds is 3. The van der Waals surface area contributed by atoms with Gasteiger partial charge >= 0.3 is 5.97 Å². The van der Waals surface area contributed by atoms with Crippen LogP contribution in [0.25, 0.3) is 22.4 Å². The molecule has 4 rings (SSSR count). The summed E-state index contributed by atoms with van der Waals surface area (Å²) >= 11 is 0. The summed E-state index contributed by atoms with van der Waals surface area (Å²) in [6.07, 6.45) is 1.14. The largest absolute Gasteiger partial charge is 0.446 e. The predicted octanol–water partition coefficient (Wildman–Crippen LogP) is 1.85. The molecule has 2 aromatic carbocycles. The van der Waals surface area contributed by atoms with Crippen LogP contribution in [0.4, 0.5) is 0 Å². The van der Waals surface area contributed by atoms with Gasteiger partial charge in [0.1, 0.15) is 13.0 Å². The van der Waals surface area contributed by atoms with Crippen LogP contribution in [0, 0.1) is 0 Å². The van der Waals surface area contributed by atoms with Crippen LogP contribution in [0.3, 0.4) is 0 Å². The average Bonchev–Trinajstić information content (AvgIpc) is 2.95. The van der Waals surface area contributed by atoms with E-state index in [1.54, 1.807) is 4.90 Å². The molecule has 2 aromatic rings. The van der Waals surface area contributed by atoms with Crippen molar-refractivity contribution in [2.24, 2.45) is 0 Å². The zero-order chi connectivity index (χ0) is 15.8. The van der Waals surface area contributed by atoms with Gasteiger partial charge in [0, 0.05) is 6.54 Å². The third kappa shape index (κ3) is 2.53. The number of aliphatic hydroxyl groups excluding tert-OH is 1. The van der Waals surface area contributed by atoms with E-state index in [2.05, 4.69) is 0 Å². The number of benzene rings is 2. The summed E-state index contributed by atoms with van der Waals surface area (Å²) in [6.45, 7) is 1.38. The topological polar surface area (TPSA) is 59.0 Å². The van der Waals surface area contributed by atoms with Crippen molar-refractivity contribution in [1.29, 1.82) is 0 Å². The summed E-state index contributed by atoms with van der Waals surface area (Å²) in [4.78, 5) is 14.2. The molecule has 5 nitrogen and oxygen atoms in total. The molecular weight excluding hydrogens is 294 g/mol. The highest BCUT2D eigenvalue weighted by molar-refractivity contribution is 6.29. The maximum absolute atomic E-state index is 12.5. The van der Waals surface area contributed by atoms with E-state index in [9.17, 15) is 9.90 Å². The quantitative estimate of drug-likeness (QED) is 0.877. The molecule has 1 aliphatic carbocycles. The van der Waals surface area contributed by atoms with E-state index in [0.29, 0.717) is 18.7 Å². The number of morpholine rings is 1. The molecule has 1 atom stereocenters. The van der Waals surface area contributed by atoms with Gasteiger partial charge in [-0.15, -0.1) is 0 Å². The minimum Gasteiger partial charge on any atom is -0.446 e. The number of hydrogen-bond acceptors (Lipinski definition) is 5. The van der Waals surface area contributed by atoms with Crippen LogP contribution in [0.15, 0.2) is 36.4 Å². The van der Waals surface area contributed by atoms with E-state index < -0.39 is 6.23 Å². The Bertz CT molecular complexity index is 793. The Hall–Kier alpha value is -2.21. The summed E-state index contributed by atoms with van der Waals surface area (Å²) in [5.41, 5.74) is 2.52. The van der Waals surface area contributed by atoms with E-state index in [1.165, 1.54) is 0 Å². The van der Waals surface area contributed by atoms with E-state index in [4.69, 9.17) is 9.47 Å². The fourth-order valence-corrected chi connectivity index (χ4v) is 3.11. The Labute approximate surface area is 133 Å². The van der Waals surface area contributed by atoms with Gasteiger partial charge in [-0.1, -0.05) is 36.4 Å². The minimum atomic E-state index is -0.727. The molecule has 118 valence electrons. The van der Waals surface area contributed by atoms with Crippen LogP contribution in [0.5, 0.6) is 0 Å². The Morgan fingerprint density at radius 3 is 2.96 bits per heavy atom.